The van der Waals surface area contributed by atoms with Crippen LogP contribution in [0.5, 0.6) is 0 Å². The Morgan fingerprint density at radius 2 is 2.33 bits per heavy atom. The summed E-state index contributed by atoms with van der Waals surface area (Å²) < 4.78 is 0. The molecule has 0 aromatic rings. The van der Waals surface area contributed by atoms with Gasteiger partial charge in [-0.2, -0.15) is 0 Å². The maximum atomic E-state index is 11.2. The van der Waals surface area contributed by atoms with Gasteiger partial charge < -0.3 is 20.4 Å². The topological polar surface area (TPSA) is 72.8 Å². The van der Waals surface area contributed by atoms with Crippen LogP contribution in [0.1, 0.15) is 19.8 Å². The normalized spacial score (nSPS) is 18.4. The van der Waals surface area contributed by atoms with E-state index in [0.29, 0.717) is 12.1 Å². The lowest BCUT2D eigenvalue weighted by atomic mass is 10.2. The zero-order valence-corrected chi connectivity index (χ0v) is 9.94. The Hall–Kier alpha value is -0.593. The molecular weight excluding hydrogens is 212 g/mol. The average molecular weight is 230 g/mol. The van der Waals surface area contributed by atoms with Crippen molar-refractivity contribution in [2.75, 3.05) is 19.6 Å². The number of aliphatic hydroxyl groups excluding tert-OH is 1. The summed E-state index contributed by atoms with van der Waals surface area (Å²) in [7, 11) is 0.147. The van der Waals surface area contributed by atoms with Crippen LogP contribution in [0.15, 0.2) is 0 Å². The first-order chi connectivity index (χ1) is 7.13. The first-order valence-corrected chi connectivity index (χ1v) is 6.44. The van der Waals surface area contributed by atoms with Crippen molar-refractivity contribution in [2.24, 2.45) is 0 Å². The fraction of sp³-hybridized carbons (Fsp3) is 0.889. The number of hydrogen-bond acceptors (Lipinski definition) is 3. The second kappa shape index (κ2) is 6.09. The van der Waals surface area contributed by atoms with Crippen molar-refractivity contribution in [3.05, 3.63) is 0 Å². The SMILES string of the molecule is CCC(CCN1CCNC1=O)[Si]C(O)O. The molecule has 1 atom stereocenters. The summed E-state index contributed by atoms with van der Waals surface area (Å²) in [5.41, 5.74) is 0.304. The lowest BCUT2D eigenvalue weighted by Gasteiger charge is -2.19. The minimum atomic E-state index is -1.21. The molecule has 2 amide bonds. The minimum absolute atomic E-state index is 0.00210. The molecule has 1 saturated heterocycles. The van der Waals surface area contributed by atoms with Crippen LogP contribution < -0.4 is 5.32 Å². The van der Waals surface area contributed by atoms with E-state index in [9.17, 15) is 4.79 Å². The van der Waals surface area contributed by atoms with E-state index < -0.39 is 5.91 Å². The predicted octanol–water partition coefficient (Wildman–Crippen LogP) is -0.427. The molecule has 0 spiro atoms. The van der Waals surface area contributed by atoms with E-state index in [0.717, 1.165) is 25.9 Å². The van der Waals surface area contributed by atoms with Gasteiger partial charge in [-0.1, -0.05) is 13.3 Å². The third-order valence-corrected chi connectivity index (χ3v) is 4.04. The second-order valence-corrected chi connectivity index (χ2v) is 5.32. The molecular formula is C9H18N2O3Si. The third kappa shape index (κ3) is 4.19. The van der Waals surface area contributed by atoms with E-state index in [2.05, 4.69) is 5.32 Å². The summed E-state index contributed by atoms with van der Waals surface area (Å²) in [6, 6.07) is -0.00210. The number of nitrogens with one attached hydrogen (secondary N) is 1. The van der Waals surface area contributed by atoms with Crippen LogP contribution in [0.4, 0.5) is 4.79 Å². The average Bonchev–Trinajstić information content (AvgIpc) is 2.58. The standard InChI is InChI=1S/C9H18N2O3Si/c1-2-7(15-9(13)14)3-5-11-6-4-10-8(11)12/h7,9,13-14H,2-6H2,1H3,(H,10,12). The zero-order chi connectivity index (χ0) is 11.3. The molecule has 0 aromatic carbocycles. The first kappa shape index (κ1) is 12.5. The number of carbonyl (C=O) groups excluding carboxylic acids is 1. The number of nitrogens with zero attached hydrogens (tertiary/aromatic N) is 1. The van der Waals surface area contributed by atoms with Gasteiger partial charge in [0.2, 0.25) is 0 Å². The summed E-state index contributed by atoms with van der Waals surface area (Å²) in [6.45, 7) is 4.23. The van der Waals surface area contributed by atoms with Gasteiger partial charge in [0, 0.05) is 19.6 Å². The van der Waals surface area contributed by atoms with Crippen molar-refractivity contribution in [1.82, 2.24) is 10.2 Å². The van der Waals surface area contributed by atoms with Gasteiger partial charge in [0.1, 0.15) is 15.4 Å². The lowest BCUT2D eigenvalue weighted by Crippen LogP contribution is -2.31. The van der Waals surface area contributed by atoms with Crippen LogP contribution in [-0.2, 0) is 0 Å². The minimum Gasteiger partial charge on any atom is -0.372 e. The first-order valence-electron chi connectivity index (χ1n) is 5.28. The van der Waals surface area contributed by atoms with E-state index in [1.807, 2.05) is 6.92 Å². The van der Waals surface area contributed by atoms with Crippen LogP contribution in [-0.4, -0.2) is 56.2 Å². The Morgan fingerprint density at radius 3 is 2.80 bits per heavy atom. The molecule has 6 heteroatoms. The van der Waals surface area contributed by atoms with E-state index >= 15 is 0 Å². The fourth-order valence-electron chi connectivity index (χ4n) is 1.65. The molecule has 1 aliphatic heterocycles. The van der Waals surface area contributed by atoms with Crippen molar-refractivity contribution < 1.29 is 15.0 Å². The second-order valence-electron chi connectivity index (χ2n) is 3.65. The van der Waals surface area contributed by atoms with Gasteiger partial charge in [0.05, 0.1) is 0 Å². The molecule has 3 N–H and O–H groups in total. The smallest absolute Gasteiger partial charge is 0.317 e. The molecule has 5 nitrogen and oxygen atoms in total. The monoisotopic (exact) mass is 230 g/mol. The highest BCUT2D eigenvalue weighted by molar-refractivity contribution is 6.38. The molecule has 1 rings (SSSR count). The molecule has 1 heterocycles. The highest BCUT2D eigenvalue weighted by atomic mass is 28.2. The van der Waals surface area contributed by atoms with E-state index in [4.69, 9.17) is 10.2 Å². The summed E-state index contributed by atoms with van der Waals surface area (Å²) in [5.74, 6) is -1.21. The Morgan fingerprint density at radius 1 is 1.60 bits per heavy atom. The molecule has 86 valence electrons. The van der Waals surface area contributed by atoms with Gasteiger partial charge in [0.15, 0.2) is 0 Å². The van der Waals surface area contributed by atoms with Gasteiger partial charge in [0.25, 0.3) is 0 Å². The molecule has 0 aliphatic carbocycles. The Balaban J connectivity index is 2.24. The summed E-state index contributed by atoms with van der Waals surface area (Å²) >= 11 is 0. The van der Waals surface area contributed by atoms with Crippen LogP contribution >= 0.6 is 0 Å². The van der Waals surface area contributed by atoms with Gasteiger partial charge in [-0.05, 0) is 12.0 Å². The van der Waals surface area contributed by atoms with Crippen LogP contribution in [0.2, 0.25) is 5.54 Å². The summed E-state index contributed by atoms with van der Waals surface area (Å²) in [6.07, 6.45) is 1.77. The van der Waals surface area contributed by atoms with Gasteiger partial charge in [-0.3, -0.25) is 0 Å². The Labute approximate surface area is 92.3 Å². The third-order valence-electron chi connectivity index (χ3n) is 2.57. The van der Waals surface area contributed by atoms with Gasteiger partial charge in [-0.25, -0.2) is 4.79 Å². The number of hydrogen-bond donors (Lipinski definition) is 3. The molecule has 15 heavy (non-hydrogen) atoms. The van der Waals surface area contributed by atoms with Crippen molar-refractivity contribution in [2.45, 2.75) is 31.2 Å². The molecule has 0 saturated carbocycles. The van der Waals surface area contributed by atoms with Crippen molar-refractivity contribution in [3.63, 3.8) is 0 Å². The highest BCUT2D eigenvalue weighted by Gasteiger charge is 2.21. The lowest BCUT2D eigenvalue weighted by molar-refractivity contribution is 0.0277. The van der Waals surface area contributed by atoms with E-state index in [-0.39, 0.29) is 15.6 Å². The molecule has 0 aromatic heterocycles. The number of urea groups is 1. The van der Waals surface area contributed by atoms with Crippen LogP contribution in [0.25, 0.3) is 0 Å². The highest BCUT2D eigenvalue weighted by Crippen LogP contribution is 2.16. The van der Waals surface area contributed by atoms with Crippen molar-refractivity contribution in [1.29, 1.82) is 0 Å². The maximum absolute atomic E-state index is 11.2. The van der Waals surface area contributed by atoms with E-state index in [1.165, 1.54) is 0 Å². The molecule has 1 fully saturated rings. The number of aliphatic hydroxyl groups is 2. The number of carbonyl (C=O) groups is 1. The van der Waals surface area contributed by atoms with Gasteiger partial charge >= 0.3 is 6.03 Å². The molecule has 0 bridgehead atoms. The van der Waals surface area contributed by atoms with Crippen LogP contribution in [0, 0.1) is 0 Å². The summed E-state index contributed by atoms with van der Waals surface area (Å²) in [5, 5.41) is 20.5. The quantitative estimate of drug-likeness (QED) is 0.428. The van der Waals surface area contributed by atoms with Crippen molar-refractivity contribution >= 4 is 15.6 Å². The zero-order valence-electron chi connectivity index (χ0n) is 8.94. The number of amides is 2. The fourth-order valence-corrected chi connectivity index (χ4v) is 2.61. The van der Waals surface area contributed by atoms with Crippen molar-refractivity contribution in [3.8, 4) is 0 Å². The van der Waals surface area contributed by atoms with Crippen LogP contribution in [0.3, 0.4) is 0 Å². The molecule has 1 aliphatic rings. The van der Waals surface area contributed by atoms with Gasteiger partial charge in [-0.15, -0.1) is 0 Å². The molecule has 1 unspecified atom stereocenters. The Bertz CT molecular complexity index is 214. The Kier molecular flexibility index (Phi) is 5.07. The predicted molar refractivity (Wildman–Crippen MR) is 57.6 cm³/mol. The maximum Gasteiger partial charge on any atom is 0.317 e. The molecule has 2 radical (unpaired) electrons. The summed E-state index contributed by atoms with van der Waals surface area (Å²) in [4.78, 5) is 13.0. The van der Waals surface area contributed by atoms with E-state index in [1.54, 1.807) is 4.90 Å². The largest absolute Gasteiger partial charge is 0.372 e. The number of rotatable bonds is 6.